The molecular weight excluding hydrogens is 746 g/mol. The van der Waals surface area contributed by atoms with Crippen LogP contribution in [0, 0.1) is 0 Å². The third kappa shape index (κ3) is 50.4. The molecule has 0 rings (SSSR count). The molecule has 0 saturated heterocycles. The summed E-state index contributed by atoms with van der Waals surface area (Å²) >= 11 is 0. The Bertz CT molecular complexity index is 4.35. The van der Waals surface area contributed by atoms with Crippen LogP contribution in [0.3, 0.4) is 0 Å². The molecule has 0 fully saturated rings. The van der Waals surface area contributed by atoms with Crippen LogP contribution >= 0.6 is 0 Å². The fourth-order valence-corrected chi connectivity index (χ4v) is 0. The van der Waals surface area contributed by atoms with Crippen molar-refractivity contribution >= 4 is 0 Å². The third-order valence-corrected chi connectivity index (χ3v) is 0. The van der Waals surface area contributed by atoms with E-state index in [1.807, 2.05) is 0 Å². The second kappa shape index (κ2) is 68.4. The van der Waals surface area contributed by atoms with Crippen molar-refractivity contribution in [2.75, 3.05) is 0 Å². The summed E-state index contributed by atoms with van der Waals surface area (Å²) in [4.78, 5) is 0. The molecule has 0 N–H and O–H groups in total. The molecule has 0 aromatic carbocycles. The van der Waals surface area contributed by atoms with Gasteiger partial charge in [-0.05, 0) is 0 Å². The topological polar surface area (TPSA) is 0 Å². The molecule has 0 nitrogen and oxygen atoms in total. The molecule has 0 bridgehead atoms. The van der Waals surface area contributed by atoms with E-state index in [1.165, 1.54) is 0 Å². The Hall–Kier alpha value is 4.02. The summed E-state index contributed by atoms with van der Waals surface area (Å²) < 4.78 is 0. The van der Waals surface area contributed by atoms with E-state index in [9.17, 15) is 0 Å². The molecule has 0 aromatic rings. The quantitative estimate of drug-likeness (QED) is 0.232. The molecule has 0 amide bonds. The van der Waals surface area contributed by atoms with E-state index in [0.29, 0.717) is 0 Å². The zero-order valence-corrected chi connectivity index (χ0v) is 16.8. The van der Waals surface area contributed by atoms with Gasteiger partial charge in [0, 0.05) is 20.4 Å². The van der Waals surface area contributed by atoms with Gasteiger partial charge in [0.05, 0.1) is 0 Å². The van der Waals surface area contributed by atoms with Crippen LogP contribution in [0.5, 0.6) is 0 Å². The molecule has 0 aliphatic rings. The van der Waals surface area contributed by atoms with Crippen LogP contribution in [-0.4, -0.2) is 0 Å². The van der Waals surface area contributed by atoms with E-state index in [-0.39, 0.29) is 139 Å². The van der Waals surface area contributed by atoms with Crippen molar-refractivity contribution in [3.05, 3.63) is 0 Å². The SMILES string of the molecule is [Br-].[Br-].[Br-].[Br-].[Br-].[Br-].[Br-].[Re]. The summed E-state index contributed by atoms with van der Waals surface area (Å²) in [5.74, 6) is 0. The van der Waals surface area contributed by atoms with Gasteiger partial charge in [-0.3, -0.25) is 0 Å². The Morgan fingerprint density at radius 3 is 0.250 bits per heavy atom. The molecule has 0 atom stereocenters. The molecule has 0 heterocycles. The van der Waals surface area contributed by atoms with Crippen molar-refractivity contribution in [3.8, 4) is 0 Å². The van der Waals surface area contributed by atoms with Gasteiger partial charge in [-0.1, -0.05) is 0 Å². The Balaban J connectivity index is 0. The zero-order chi connectivity index (χ0) is 0. The van der Waals surface area contributed by atoms with Gasteiger partial charge >= 0.3 is 0 Å². The second-order valence-electron chi connectivity index (χ2n) is 0. The normalized spacial score (nSPS) is 0. The first-order valence-electron chi connectivity index (χ1n) is 0. The van der Waals surface area contributed by atoms with Gasteiger partial charge in [-0.15, -0.1) is 0 Å². The molecule has 0 aliphatic carbocycles. The van der Waals surface area contributed by atoms with E-state index >= 15 is 0 Å². The molecule has 0 aliphatic heterocycles. The zero-order valence-electron chi connectivity index (χ0n) is 3.02. The van der Waals surface area contributed by atoms with Crippen molar-refractivity contribution in [2.45, 2.75) is 0 Å². The average molecular weight is 746 g/mol. The number of hydrogen-bond acceptors (Lipinski definition) is 0. The Morgan fingerprint density at radius 2 is 0.250 bits per heavy atom. The minimum absolute atomic E-state index is 0. The van der Waals surface area contributed by atoms with E-state index in [2.05, 4.69) is 0 Å². The van der Waals surface area contributed by atoms with E-state index < -0.39 is 0 Å². The van der Waals surface area contributed by atoms with Gasteiger partial charge in [-0.25, -0.2) is 0 Å². The summed E-state index contributed by atoms with van der Waals surface area (Å²) in [5.41, 5.74) is 0. The number of halogens is 7. The van der Waals surface area contributed by atoms with Crippen molar-refractivity contribution in [1.29, 1.82) is 0 Å². The van der Waals surface area contributed by atoms with Gasteiger partial charge in [0.25, 0.3) is 0 Å². The van der Waals surface area contributed by atoms with Crippen LogP contribution in [0.15, 0.2) is 0 Å². The van der Waals surface area contributed by atoms with Gasteiger partial charge in [0.15, 0.2) is 0 Å². The van der Waals surface area contributed by atoms with Crippen molar-refractivity contribution in [2.24, 2.45) is 0 Å². The van der Waals surface area contributed by atoms with Crippen molar-refractivity contribution in [1.82, 2.24) is 0 Å². The van der Waals surface area contributed by atoms with Crippen molar-refractivity contribution in [3.63, 3.8) is 0 Å². The van der Waals surface area contributed by atoms with E-state index in [1.54, 1.807) is 0 Å². The van der Waals surface area contributed by atoms with Gasteiger partial charge in [0.2, 0.25) is 0 Å². The monoisotopic (exact) mass is 739 g/mol. The third-order valence-electron chi connectivity index (χ3n) is 0. The standard InChI is InChI=1S/7BrH.Re/h7*1H;/p-7. The molecule has 8 heavy (non-hydrogen) atoms. The predicted molar refractivity (Wildman–Crippen MR) is 0 cm³/mol. The fraction of sp³-hybridized carbons (Fsp3) is 0. The largest absolute Gasteiger partial charge is 1.00 e. The predicted octanol–water partition coefficient (Wildman–Crippen LogP) is -21.0. The number of hydrogen-bond donors (Lipinski definition) is 0. The summed E-state index contributed by atoms with van der Waals surface area (Å²) in [6.07, 6.45) is 0. The first kappa shape index (κ1) is 90.3. The van der Waals surface area contributed by atoms with Crippen LogP contribution in [0.25, 0.3) is 0 Å². The van der Waals surface area contributed by atoms with Gasteiger partial charge < -0.3 is 119 Å². The molecule has 1 radical (unpaired) electrons. The number of rotatable bonds is 0. The summed E-state index contributed by atoms with van der Waals surface area (Å²) in [7, 11) is 0. The molecule has 63 valence electrons. The summed E-state index contributed by atoms with van der Waals surface area (Å²) in [5, 5.41) is 0. The van der Waals surface area contributed by atoms with Crippen LogP contribution < -0.4 is 119 Å². The van der Waals surface area contributed by atoms with Gasteiger partial charge in [0.1, 0.15) is 0 Å². The second-order valence-corrected chi connectivity index (χ2v) is 0. The maximum absolute atomic E-state index is 0. The van der Waals surface area contributed by atoms with Crippen LogP contribution in [0.4, 0.5) is 0 Å². The first-order chi connectivity index (χ1) is 0. The smallest absolute Gasteiger partial charge is 0 e. The van der Waals surface area contributed by atoms with Crippen LogP contribution in [0.1, 0.15) is 0 Å². The van der Waals surface area contributed by atoms with Crippen LogP contribution in [-0.2, 0) is 20.4 Å². The molecule has 0 saturated carbocycles. The Morgan fingerprint density at radius 1 is 0.250 bits per heavy atom. The molecule has 8 heteroatoms. The fourth-order valence-electron chi connectivity index (χ4n) is 0. The maximum Gasteiger partial charge on any atom is 0 e. The Kier molecular flexibility index (Phi) is 772. The summed E-state index contributed by atoms with van der Waals surface area (Å²) in [6.45, 7) is 0. The molecule has 0 spiro atoms. The Labute approximate surface area is 137 Å². The van der Waals surface area contributed by atoms with Crippen LogP contribution in [0.2, 0.25) is 0 Å². The molecule has 0 aromatic heterocycles. The maximum atomic E-state index is 0. The first-order valence-corrected chi connectivity index (χ1v) is 0. The average Bonchev–Trinajstić information content (AvgIpc) is 0. The minimum Gasteiger partial charge on any atom is -1.00 e. The summed E-state index contributed by atoms with van der Waals surface area (Å²) in [6, 6.07) is 0. The van der Waals surface area contributed by atoms with Gasteiger partial charge in [-0.2, -0.15) is 0 Å². The minimum atomic E-state index is 0. The molecule has 0 unspecified atom stereocenters. The molecular formula is Br7Re-7. The van der Waals surface area contributed by atoms with Crippen molar-refractivity contribution < 1.29 is 139 Å². The van der Waals surface area contributed by atoms with E-state index in [0.717, 1.165) is 0 Å². The van der Waals surface area contributed by atoms with E-state index in [4.69, 9.17) is 0 Å².